The lowest BCUT2D eigenvalue weighted by Gasteiger charge is -2.35. The molecule has 0 saturated heterocycles. The van der Waals surface area contributed by atoms with E-state index in [1.54, 1.807) is 0 Å². The van der Waals surface area contributed by atoms with Crippen LogP contribution in [0.1, 0.15) is 207 Å². The standard InChI is InChI=1S/C37H74N2/c1-5-7-9-11-13-15-17-19-20-21-23-25-27-29-31-33-38-34-35-39(36(3)4)37(38)32-30-28-26-24-22-18-16-14-12-10-8-6-2/h34-37H,5-33H2,1-4H3. The molecule has 1 rings (SSSR count). The van der Waals surface area contributed by atoms with Crippen LogP contribution in [0.25, 0.3) is 0 Å². The van der Waals surface area contributed by atoms with E-state index in [1.165, 1.54) is 186 Å². The minimum atomic E-state index is 0.606. The fraction of sp³-hybridized carbons (Fsp3) is 0.946. The average Bonchev–Trinajstić information content (AvgIpc) is 3.34. The lowest BCUT2D eigenvalue weighted by atomic mass is 10.0. The highest BCUT2D eigenvalue weighted by atomic mass is 15.4. The lowest BCUT2D eigenvalue weighted by molar-refractivity contribution is 0.114. The monoisotopic (exact) mass is 547 g/mol. The van der Waals surface area contributed by atoms with Crippen molar-refractivity contribution in [1.82, 2.24) is 9.80 Å². The van der Waals surface area contributed by atoms with Gasteiger partial charge in [-0.15, -0.1) is 0 Å². The fourth-order valence-corrected chi connectivity index (χ4v) is 6.42. The van der Waals surface area contributed by atoms with E-state index in [2.05, 4.69) is 49.9 Å². The average molecular weight is 547 g/mol. The van der Waals surface area contributed by atoms with Crippen LogP contribution in [0, 0.1) is 0 Å². The van der Waals surface area contributed by atoms with Crippen molar-refractivity contribution in [1.29, 1.82) is 0 Å². The van der Waals surface area contributed by atoms with Crippen molar-refractivity contribution < 1.29 is 0 Å². The third-order valence-corrected chi connectivity index (χ3v) is 9.09. The summed E-state index contributed by atoms with van der Waals surface area (Å²) < 4.78 is 0. The molecule has 1 atom stereocenters. The zero-order chi connectivity index (χ0) is 28.2. The lowest BCUT2D eigenvalue weighted by Crippen LogP contribution is -2.42. The van der Waals surface area contributed by atoms with Crippen LogP contribution in [-0.4, -0.2) is 28.6 Å². The predicted octanol–water partition coefficient (Wildman–Crippen LogP) is 12.8. The predicted molar refractivity (Wildman–Crippen MR) is 177 cm³/mol. The first-order valence-corrected chi connectivity index (χ1v) is 18.4. The van der Waals surface area contributed by atoms with Crippen molar-refractivity contribution in [2.24, 2.45) is 0 Å². The van der Waals surface area contributed by atoms with Crippen molar-refractivity contribution in [3.63, 3.8) is 0 Å². The van der Waals surface area contributed by atoms with Gasteiger partial charge in [-0.25, -0.2) is 0 Å². The quantitative estimate of drug-likeness (QED) is 0.0826. The van der Waals surface area contributed by atoms with Crippen molar-refractivity contribution in [3.05, 3.63) is 12.4 Å². The SMILES string of the molecule is CCCCCCCCCCCCCCCCCN1C=CN(C(C)C)C1CCCCCCCCCCCCCC. The summed E-state index contributed by atoms with van der Waals surface area (Å²) in [6.45, 7) is 10.6. The highest BCUT2D eigenvalue weighted by Crippen LogP contribution is 2.25. The summed E-state index contributed by atoms with van der Waals surface area (Å²) >= 11 is 0. The van der Waals surface area contributed by atoms with Crippen LogP contribution in [0.4, 0.5) is 0 Å². The zero-order valence-electron chi connectivity index (χ0n) is 27.7. The molecule has 232 valence electrons. The summed E-state index contributed by atoms with van der Waals surface area (Å²) in [6, 6.07) is 0.606. The van der Waals surface area contributed by atoms with Gasteiger partial charge >= 0.3 is 0 Å². The molecule has 0 aliphatic carbocycles. The molecule has 0 saturated carbocycles. The van der Waals surface area contributed by atoms with Gasteiger partial charge in [0.15, 0.2) is 0 Å². The fourth-order valence-electron chi connectivity index (χ4n) is 6.42. The minimum absolute atomic E-state index is 0.606. The summed E-state index contributed by atoms with van der Waals surface area (Å²) in [4.78, 5) is 5.28. The first kappa shape index (κ1) is 36.4. The third-order valence-electron chi connectivity index (χ3n) is 9.09. The maximum absolute atomic E-state index is 2.67. The van der Waals surface area contributed by atoms with Gasteiger partial charge in [-0.1, -0.05) is 174 Å². The third kappa shape index (κ3) is 20.8. The molecule has 1 heterocycles. The largest absolute Gasteiger partial charge is 0.356 e. The van der Waals surface area contributed by atoms with Crippen LogP contribution >= 0.6 is 0 Å². The Morgan fingerprint density at radius 1 is 0.436 bits per heavy atom. The van der Waals surface area contributed by atoms with Crippen LogP contribution < -0.4 is 0 Å². The van der Waals surface area contributed by atoms with Gasteiger partial charge in [0.2, 0.25) is 0 Å². The molecule has 0 fully saturated rings. The van der Waals surface area contributed by atoms with Gasteiger partial charge in [0.05, 0.1) is 0 Å². The zero-order valence-corrected chi connectivity index (χ0v) is 27.7. The van der Waals surface area contributed by atoms with Gasteiger partial charge in [0, 0.05) is 25.0 Å². The second-order valence-corrected chi connectivity index (χ2v) is 13.2. The van der Waals surface area contributed by atoms with Crippen molar-refractivity contribution >= 4 is 0 Å². The van der Waals surface area contributed by atoms with E-state index in [-0.39, 0.29) is 0 Å². The van der Waals surface area contributed by atoms with Crippen LogP contribution in [0.2, 0.25) is 0 Å². The number of hydrogen-bond acceptors (Lipinski definition) is 2. The van der Waals surface area contributed by atoms with Crippen LogP contribution in [0.3, 0.4) is 0 Å². The van der Waals surface area contributed by atoms with E-state index in [9.17, 15) is 0 Å². The van der Waals surface area contributed by atoms with Gasteiger partial charge in [-0.2, -0.15) is 0 Å². The molecule has 2 nitrogen and oxygen atoms in total. The summed E-state index contributed by atoms with van der Waals surface area (Å²) in [5, 5.41) is 0. The summed E-state index contributed by atoms with van der Waals surface area (Å²) in [7, 11) is 0. The normalized spacial score (nSPS) is 15.4. The Hall–Kier alpha value is -0.660. The number of rotatable bonds is 30. The second-order valence-electron chi connectivity index (χ2n) is 13.2. The van der Waals surface area contributed by atoms with Gasteiger partial charge < -0.3 is 9.80 Å². The smallest absolute Gasteiger partial charge is 0.101 e. The molecule has 1 aliphatic rings. The minimum Gasteiger partial charge on any atom is -0.356 e. The Kier molecular flexibility index (Phi) is 25.6. The van der Waals surface area contributed by atoms with Crippen LogP contribution in [-0.2, 0) is 0 Å². The molecule has 0 aromatic rings. The Labute approximate surface area is 248 Å². The Balaban J connectivity index is 2.00. The van der Waals surface area contributed by atoms with E-state index in [4.69, 9.17) is 0 Å². The summed E-state index contributed by atoms with van der Waals surface area (Å²) in [6.07, 6.45) is 45.7. The van der Waals surface area contributed by atoms with Crippen LogP contribution in [0.5, 0.6) is 0 Å². The van der Waals surface area contributed by atoms with Gasteiger partial charge in [0.1, 0.15) is 6.17 Å². The van der Waals surface area contributed by atoms with E-state index >= 15 is 0 Å². The Morgan fingerprint density at radius 2 is 0.769 bits per heavy atom. The molecule has 0 bridgehead atoms. The maximum Gasteiger partial charge on any atom is 0.101 e. The highest BCUT2D eigenvalue weighted by molar-refractivity contribution is 4.98. The summed E-state index contributed by atoms with van der Waals surface area (Å²) in [5.74, 6) is 0. The molecule has 1 unspecified atom stereocenters. The molecule has 0 aromatic carbocycles. The summed E-state index contributed by atoms with van der Waals surface area (Å²) in [5.41, 5.74) is 0. The first-order chi connectivity index (χ1) is 19.2. The van der Waals surface area contributed by atoms with Crippen LogP contribution in [0.15, 0.2) is 12.4 Å². The van der Waals surface area contributed by atoms with E-state index in [0.29, 0.717) is 12.2 Å². The first-order valence-electron chi connectivity index (χ1n) is 18.4. The molecular formula is C37H74N2. The molecule has 0 aromatic heterocycles. The highest BCUT2D eigenvalue weighted by Gasteiger charge is 2.26. The Bertz CT molecular complexity index is 514. The molecule has 0 N–H and O–H groups in total. The number of nitrogens with zero attached hydrogens (tertiary/aromatic N) is 2. The molecule has 0 amide bonds. The molecule has 2 heteroatoms. The van der Waals surface area contributed by atoms with Gasteiger partial charge in [-0.05, 0) is 33.1 Å². The van der Waals surface area contributed by atoms with E-state index < -0.39 is 0 Å². The van der Waals surface area contributed by atoms with Gasteiger partial charge in [-0.3, -0.25) is 0 Å². The number of unbranched alkanes of at least 4 members (excludes halogenated alkanes) is 25. The van der Waals surface area contributed by atoms with E-state index in [1.807, 2.05) is 0 Å². The molecular weight excluding hydrogens is 472 g/mol. The maximum atomic E-state index is 2.67. The van der Waals surface area contributed by atoms with Crippen molar-refractivity contribution in [2.45, 2.75) is 220 Å². The van der Waals surface area contributed by atoms with Gasteiger partial charge in [0.25, 0.3) is 0 Å². The molecule has 39 heavy (non-hydrogen) atoms. The van der Waals surface area contributed by atoms with Crippen molar-refractivity contribution in [2.75, 3.05) is 6.54 Å². The van der Waals surface area contributed by atoms with E-state index in [0.717, 1.165) is 0 Å². The molecule has 0 spiro atoms. The topological polar surface area (TPSA) is 6.48 Å². The van der Waals surface area contributed by atoms with Crippen molar-refractivity contribution in [3.8, 4) is 0 Å². The molecule has 1 aliphatic heterocycles. The Morgan fingerprint density at radius 3 is 1.13 bits per heavy atom. The number of hydrogen-bond donors (Lipinski definition) is 0. The second kappa shape index (κ2) is 27.5. The molecule has 0 radical (unpaired) electrons.